The number of anilines is 1. The summed E-state index contributed by atoms with van der Waals surface area (Å²) in [6.07, 6.45) is 3.18. The van der Waals surface area contributed by atoms with Crippen LogP contribution in [0.4, 0.5) is 5.69 Å². The molecule has 0 saturated heterocycles. The molecule has 0 aliphatic carbocycles. The first-order valence-corrected chi connectivity index (χ1v) is 11.7. The van der Waals surface area contributed by atoms with Crippen LogP contribution in [0.1, 0.15) is 5.56 Å². The smallest absolute Gasteiger partial charge is 0.277 e. The van der Waals surface area contributed by atoms with Crippen LogP contribution < -0.4 is 20.2 Å². The van der Waals surface area contributed by atoms with Crippen LogP contribution in [-0.2, 0) is 9.59 Å². The van der Waals surface area contributed by atoms with E-state index in [-0.39, 0.29) is 19.1 Å². The van der Waals surface area contributed by atoms with E-state index in [1.165, 1.54) is 6.21 Å². The van der Waals surface area contributed by atoms with Gasteiger partial charge in [-0.3, -0.25) is 14.6 Å². The van der Waals surface area contributed by atoms with E-state index in [4.69, 9.17) is 9.47 Å². The van der Waals surface area contributed by atoms with Gasteiger partial charge in [-0.25, -0.2) is 5.43 Å². The van der Waals surface area contributed by atoms with Crippen molar-refractivity contribution >= 4 is 57.2 Å². The normalized spacial score (nSPS) is 10.8. The van der Waals surface area contributed by atoms with Crippen molar-refractivity contribution in [2.45, 2.75) is 0 Å². The van der Waals surface area contributed by atoms with E-state index in [1.54, 1.807) is 36.5 Å². The Bertz CT molecular complexity index is 1340. The molecule has 8 nitrogen and oxygen atoms in total. The van der Waals surface area contributed by atoms with E-state index < -0.39 is 5.91 Å². The van der Waals surface area contributed by atoms with Crippen molar-refractivity contribution in [2.24, 2.45) is 5.10 Å². The van der Waals surface area contributed by atoms with Crippen molar-refractivity contribution in [1.29, 1.82) is 0 Å². The molecule has 0 atom stereocenters. The van der Waals surface area contributed by atoms with Crippen molar-refractivity contribution in [3.8, 4) is 11.5 Å². The lowest BCUT2D eigenvalue weighted by molar-refractivity contribution is -0.123. The van der Waals surface area contributed by atoms with Crippen molar-refractivity contribution in [3.63, 3.8) is 0 Å². The fourth-order valence-corrected chi connectivity index (χ4v) is 3.44. The number of rotatable bonds is 9. The van der Waals surface area contributed by atoms with Crippen molar-refractivity contribution in [3.05, 3.63) is 94.2 Å². The van der Waals surface area contributed by atoms with E-state index in [1.807, 2.05) is 48.5 Å². The number of amides is 2. The zero-order valence-electron chi connectivity index (χ0n) is 18.5. The lowest BCUT2D eigenvalue weighted by Gasteiger charge is -2.08. The molecule has 2 amide bonds. The Kier molecular flexibility index (Phi) is 8.23. The molecule has 3 aromatic carbocycles. The third-order valence-electron chi connectivity index (χ3n) is 4.74. The standard InChI is InChI=1S/C26H21IN4O4/c27-20-8-10-21(11-9-20)30-24(32)16-34-22-12-6-18(7-13-22)15-29-31-25(33)17-35-23-5-1-3-19-4-2-14-28-26(19)23/h1-15H,16-17H2,(H,30,32)(H,31,33)/b29-15-. The molecular formula is C26H21IN4O4. The van der Waals surface area contributed by atoms with Crippen molar-refractivity contribution < 1.29 is 19.1 Å². The fraction of sp³-hybridized carbons (Fsp3) is 0.0769. The second-order valence-corrected chi connectivity index (χ2v) is 8.57. The predicted molar refractivity (Wildman–Crippen MR) is 143 cm³/mol. The molecule has 35 heavy (non-hydrogen) atoms. The van der Waals surface area contributed by atoms with Gasteiger partial charge < -0.3 is 14.8 Å². The van der Waals surface area contributed by atoms with Crippen molar-refractivity contribution in [2.75, 3.05) is 18.5 Å². The van der Waals surface area contributed by atoms with Gasteiger partial charge in [-0.15, -0.1) is 0 Å². The first kappa shape index (κ1) is 24.1. The van der Waals surface area contributed by atoms with Crippen LogP contribution in [-0.4, -0.2) is 36.2 Å². The third-order valence-corrected chi connectivity index (χ3v) is 5.45. The molecule has 0 radical (unpaired) electrons. The zero-order chi connectivity index (χ0) is 24.5. The van der Waals surface area contributed by atoms with Crippen LogP contribution in [0.2, 0.25) is 0 Å². The van der Waals surface area contributed by atoms with Gasteiger partial charge in [0.1, 0.15) is 17.0 Å². The lowest BCUT2D eigenvalue weighted by atomic mass is 10.2. The quantitative estimate of drug-likeness (QED) is 0.174. The topological polar surface area (TPSA) is 102 Å². The number of hydrazone groups is 1. The molecule has 1 aromatic heterocycles. The van der Waals surface area contributed by atoms with Crippen LogP contribution >= 0.6 is 22.6 Å². The Balaban J connectivity index is 1.20. The van der Waals surface area contributed by atoms with Gasteiger partial charge in [0.15, 0.2) is 13.2 Å². The van der Waals surface area contributed by atoms with Crippen molar-refractivity contribution in [1.82, 2.24) is 10.4 Å². The number of carbonyl (C=O) groups excluding carboxylic acids is 2. The first-order valence-electron chi connectivity index (χ1n) is 10.6. The molecule has 0 fully saturated rings. The van der Waals surface area contributed by atoms with Crippen LogP contribution in [0.25, 0.3) is 10.9 Å². The number of fused-ring (bicyclic) bond motifs is 1. The highest BCUT2D eigenvalue weighted by Gasteiger charge is 2.06. The molecule has 0 aliphatic heterocycles. The Hall–Kier alpha value is -3.99. The minimum atomic E-state index is -0.395. The number of hydrogen-bond acceptors (Lipinski definition) is 6. The lowest BCUT2D eigenvalue weighted by Crippen LogP contribution is -2.24. The van der Waals surface area contributed by atoms with Gasteiger partial charge in [0.25, 0.3) is 11.8 Å². The molecule has 1 heterocycles. The molecule has 0 unspecified atom stereocenters. The van der Waals surface area contributed by atoms with Gasteiger partial charge >= 0.3 is 0 Å². The molecular weight excluding hydrogens is 559 g/mol. The SMILES string of the molecule is O=C(COc1cccc2cccnc12)N/N=C\c1ccc(OCC(=O)Nc2ccc(I)cc2)cc1. The van der Waals surface area contributed by atoms with Crippen LogP contribution in [0.5, 0.6) is 11.5 Å². The number of para-hydroxylation sites is 1. The van der Waals surface area contributed by atoms with Crippen LogP contribution in [0, 0.1) is 3.57 Å². The summed E-state index contributed by atoms with van der Waals surface area (Å²) in [7, 11) is 0. The Morgan fingerprint density at radius 1 is 0.886 bits per heavy atom. The van der Waals surface area contributed by atoms with Crippen LogP contribution in [0.3, 0.4) is 0 Å². The first-order chi connectivity index (χ1) is 17.1. The molecule has 9 heteroatoms. The van der Waals surface area contributed by atoms with Gasteiger partial charge in [0.2, 0.25) is 0 Å². The maximum atomic E-state index is 12.1. The number of pyridine rings is 1. The number of ether oxygens (including phenoxy) is 2. The predicted octanol–water partition coefficient (Wildman–Crippen LogP) is 4.39. The second kappa shape index (κ2) is 11.9. The van der Waals surface area contributed by atoms with Gasteiger partial charge in [0, 0.05) is 20.8 Å². The summed E-state index contributed by atoms with van der Waals surface area (Å²) in [5.74, 6) is 0.431. The highest BCUT2D eigenvalue weighted by atomic mass is 127. The van der Waals surface area contributed by atoms with Gasteiger partial charge in [-0.1, -0.05) is 18.2 Å². The summed E-state index contributed by atoms with van der Waals surface area (Å²) in [6.45, 7) is -0.300. The Labute approximate surface area is 215 Å². The van der Waals surface area contributed by atoms with E-state index in [0.717, 1.165) is 14.5 Å². The minimum absolute atomic E-state index is 0.109. The molecule has 176 valence electrons. The van der Waals surface area contributed by atoms with Gasteiger partial charge in [-0.05, 0) is 88.8 Å². The van der Waals surface area contributed by atoms with Crippen LogP contribution in [0.15, 0.2) is 90.2 Å². The van der Waals surface area contributed by atoms with Gasteiger partial charge in [0.05, 0.1) is 6.21 Å². The number of aromatic nitrogens is 1. The monoisotopic (exact) mass is 580 g/mol. The second-order valence-electron chi connectivity index (χ2n) is 7.33. The van der Waals surface area contributed by atoms with E-state index in [2.05, 4.69) is 43.4 Å². The maximum absolute atomic E-state index is 12.1. The Morgan fingerprint density at radius 3 is 2.43 bits per heavy atom. The number of nitrogens with zero attached hydrogens (tertiary/aromatic N) is 2. The largest absolute Gasteiger partial charge is 0.484 e. The molecule has 0 saturated carbocycles. The molecule has 2 N–H and O–H groups in total. The molecule has 4 aromatic rings. The van der Waals surface area contributed by atoms with E-state index in [0.29, 0.717) is 22.7 Å². The van der Waals surface area contributed by atoms with Gasteiger partial charge in [-0.2, -0.15) is 5.10 Å². The fourth-order valence-electron chi connectivity index (χ4n) is 3.08. The average molecular weight is 580 g/mol. The number of carbonyl (C=O) groups is 2. The number of benzene rings is 3. The zero-order valence-corrected chi connectivity index (χ0v) is 20.6. The summed E-state index contributed by atoms with van der Waals surface area (Å²) < 4.78 is 12.2. The highest BCUT2D eigenvalue weighted by molar-refractivity contribution is 14.1. The van der Waals surface area contributed by atoms with E-state index >= 15 is 0 Å². The summed E-state index contributed by atoms with van der Waals surface area (Å²) >= 11 is 2.20. The maximum Gasteiger partial charge on any atom is 0.277 e. The molecule has 0 aliphatic rings. The number of nitrogens with one attached hydrogen (secondary N) is 2. The summed E-state index contributed by atoms with van der Waals surface area (Å²) in [5.41, 5.74) is 4.59. The average Bonchev–Trinajstić information content (AvgIpc) is 2.88. The van der Waals surface area contributed by atoms with E-state index in [9.17, 15) is 9.59 Å². The minimum Gasteiger partial charge on any atom is -0.484 e. The number of hydrogen-bond donors (Lipinski definition) is 2. The summed E-state index contributed by atoms with van der Waals surface area (Å²) in [5, 5.41) is 7.66. The highest BCUT2D eigenvalue weighted by Crippen LogP contribution is 2.22. The molecule has 0 spiro atoms. The molecule has 4 rings (SSSR count). The number of halogens is 1. The Morgan fingerprint density at radius 2 is 1.63 bits per heavy atom. The molecule has 0 bridgehead atoms. The summed E-state index contributed by atoms with van der Waals surface area (Å²) in [4.78, 5) is 28.4. The third kappa shape index (κ3) is 7.24. The summed E-state index contributed by atoms with van der Waals surface area (Å²) in [6, 6.07) is 23.8.